The van der Waals surface area contributed by atoms with Gasteiger partial charge < -0.3 is 4.90 Å². The number of carbonyl (C=O) groups is 1. The van der Waals surface area contributed by atoms with Crippen molar-refractivity contribution in [2.75, 3.05) is 19.3 Å². The first-order chi connectivity index (χ1) is 14.1. The number of nitrogens with one attached hydrogen (secondary N) is 1. The third-order valence-corrected chi connectivity index (χ3v) is 6.91. The SMILES string of the molecule is C[C@@]1(C(=O)N2CC[C@H](NS(C)(=O)=O)C2)C[C@H]1c1ccccc1-c1c(F)cccc1F. The molecule has 1 aliphatic carbocycles. The van der Waals surface area contributed by atoms with Gasteiger partial charge in [0.05, 0.1) is 17.2 Å². The van der Waals surface area contributed by atoms with E-state index < -0.39 is 27.1 Å². The molecule has 2 aromatic carbocycles. The Kier molecular flexibility index (Phi) is 5.18. The molecule has 1 saturated heterocycles. The smallest absolute Gasteiger partial charge is 0.229 e. The second-order valence-corrected chi connectivity index (χ2v) is 10.3. The molecular weight excluding hydrogens is 410 g/mol. The van der Waals surface area contributed by atoms with Crippen LogP contribution < -0.4 is 4.72 Å². The van der Waals surface area contributed by atoms with Crippen molar-refractivity contribution in [1.29, 1.82) is 0 Å². The number of benzene rings is 2. The van der Waals surface area contributed by atoms with Crippen LogP contribution in [0.2, 0.25) is 0 Å². The Hall–Kier alpha value is -2.32. The zero-order chi connectivity index (χ0) is 21.7. The first kappa shape index (κ1) is 20.9. The average molecular weight is 435 g/mol. The van der Waals surface area contributed by atoms with Gasteiger partial charge in [-0.3, -0.25) is 4.79 Å². The predicted octanol–water partition coefficient (Wildman–Crippen LogP) is 3.28. The van der Waals surface area contributed by atoms with Crippen LogP contribution in [0.15, 0.2) is 42.5 Å². The Morgan fingerprint density at radius 1 is 1.13 bits per heavy atom. The van der Waals surface area contributed by atoms with Gasteiger partial charge in [0.2, 0.25) is 15.9 Å². The molecule has 8 heteroatoms. The van der Waals surface area contributed by atoms with E-state index in [0.29, 0.717) is 31.5 Å². The van der Waals surface area contributed by atoms with Crippen molar-refractivity contribution in [3.8, 4) is 11.1 Å². The summed E-state index contributed by atoms with van der Waals surface area (Å²) in [7, 11) is -3.33. The molecule has 0 aromatic heterocycles. The molecule has 0 unspecified atom stereocenters. The Morgan fingerprint density at radius 2 is 1.80 bits per heavy atom. The van der Waals surface area contributed by atoms with E-state index in [-0.39, 0.29) is 23.4 Å². The van der Waals surface area contributed by atoms with Gasteiger partial charge in [-0.15, -0.1) is 0 Å². The normalized spacial score (nSPS) is 26.1. The molecule has 2 aliphatic rings. The molecule has 1 amide bonds. The van der Waals surface area contributed by atoms with Gasteiger partial charge in [0, 0.05) is 19.1 Å². The molecule has 1 heterocycles. The number of halogens is 2. The number of amides is 1. The Bertz CT molecular complexity index is 1090. The zero-order valence-corrected chi connectivity index (χ0v) is 17.7. The minimum absolute atomic E-state index is 0.0471. The molecule has 0 radical (unpaired) electrons. The second kappa shape index (κ2) is 7.42. The lowest BCUT2D eigenvalue weighted by Crippen LogP contribution is -2.40. The predicted molar refractivity (Wildman–Crippen MR) is 110 cm³/mol. The van der Waals surface area contributed by atoms with E-state index >= 15 is 0 Å². The molecule has 160 valence electrons. The summed E-state index contributed by atoms with van der Waals surface area (Å²) in [5.41, 5.74) is 0.473. The van der Waals surface area contributed by atoms with Gasteiger partial charge >= 0.3 is 0 Å². The largest absolute Gasteiger partial charge is 0.341 e. The lowest BCUT2D eigenvalue weighted by atomic mass is 9.92. The fourth-order valence-corrected chi connectivity index (χ4v) is 5.34. The summed E-state index contributed by atoms with van der Waals surface area (Å²) in [6.45, 7) is 2.68. The van der Waals surface area contributed by atoms with Crippen LogP contribution in [0.25, 0.3) is 11.1 Å². The van der Waals surface area contributed by atoms with Crippen LogP contribution in [0.3, 0.4) is 0 Å². The summed E-state index contributed by atoms with van der Waals surface area (Å²) in [6, 6.07) is 10.5. The van der Waals surface area contributed by atoms with Crippen molar-refractivity contribution in [2.24, 2.45) is 5.41 Å². The van der Waals surface area contributed by atoms with Crippen molar-refractivity contribution in [2.45, 2.75) is 31.7 Å². The maximum atomic E-state index is 14.4. The molecule has 1 saturated carbocycles. The first-order valence-electron chi connectivity index (χ1n) is 9.90. The molecule has 1 N–H and O–H groups in total. The van der Waals surface area contributed by atoms with Gasteiger partial charge in [-0.05, 0) is 42.0 Å². The fraction of sp³-hybridized carbons (Fsp3) is 0.409. The molecule has 4 rings (SSSR count). The van der Waals surface area contributed by atoms with Gasteiger partial charge in [-0.2, -0.15) is 0 Å². The highest BCUT2D eigenvalue weighted by molar-refractivity contribution is 7.88. The van der Waals surface area contributed by atoms with E-state index in [9.17, 15) is 22.0 Å². The van der Waals surface area contributed by atoms with Crippen molar-refractivity contribution in [3.05, 3.63) is 59.7 Å². The molecule has 1 aliphatic heterocycles. The molecule has 30 heavy (non-hydrogen) atoms. The van der Waals surface area contributed by atoms with Crippen LogP contribution >= 0.6 is 0 Å². The Labute approximate surface area is 175 Å². The third-order valence-electron chi connectivity index (χ3n) is 6.15. The minimum atomic E-state index is -3.33. The molecular formula is C22H24F2N2O3S. The van der Waals surface area contributed by atoms with E-state index in [2.05, 4.69) is 4.72 Å². The van der Waals surface area contributed by atoms with Crippen molar-refractivity contribution in [1.82, 2.24) is 9.62 Å². The van der Waals surface area contributed by atoms with Crippen LogP contribution in [0.1, 0.15) is 31.2 Å². The van der Waals surface area contributed by atoms with Crippen LogP contribution in [0.5, 0.6) is 0 Å². The van der Waals surface area contributed by atoms with Gasteiger partial charge in [0.15, 0.2) is 0 Å². The monoisotopic (exact) mass is 434 g/mol. The quantitative estimate of drug-likeness (QED) is 0.786. The van der Waals surface area contributed by atoms with E-state index in [1.54, 1.807) is 17.0 Å². The highest BCUT2D eigenvalue weighted by Gasteiger charge is 2.59. The number of carbonyl (C=O) groups excluding carboxylic acids is 1. The maximum absolute atomic E-state index is 14.4. The highest BCUT2D eigenvalue weighted by Crippen LogP contribution is 2.61. The van der Waals surface area contributed by atoms with E-state index in [1.165, 1.54) is 18.2 Å². The van der Waals surface area contributed by atoms with Crippen LogP contribution in [0, 0.1) is 17.0 Å². The number of sulfonamides is 1. The number of hydrogen-bond acceptors (Lipinski definition) is 3. The lowest BCUT2D eigenvalue weighted by Gasteiger charge is -2.22. The molecule has 0 bridgehead atoms. The highest BCUT2D eigenvalue weighted by atomic mass is 32.2. The Balaban J connectivity index is 1.57. The van der Waals surface area contributed by atoms with Gasteiger partial charge in [0.25, 0.3) is 0 Å². The number of likely N-dealkylation sites (tertiary alicyclic amines) is 1. The summed E-state index contributed by atoms with van der Waals surface area (Å²) in [5, 5.41) is 0. The van der Waals surface area contributed by atoms with E-state index in [1.807, 2.05) is 19.1 Å². The Morgan fingerprint density at radius 3 is 2.47 bits per heavy atom. The van der Waals surface area contributed by atoms with Crippen LogP contribution in [-0.2, 0) is 14.8 Å². The maximum Gasteiger partial charge on any atom is 0.229 e. The van der Waals surface area contributed by atoms with Gasteiger partial charge in [-0.25, -0.2) is 21.9 Å². The van der Waals surface area contributed by atoms with Crippen LogP contribution in [0.4, 0.5) is 8.78 Å². The number of nitrogens with zero attached hydrogens (tertiary/aromatic N) is 1. The third kappa shape index (κ3) is 3.86. The molecule has 5 nitrogen and oxygen atoms in total. The molecule has 2 fully saturated rings. The molecule has 3 atom stereocenters. The standard InChI is InChI=1S/C22H24F2N2O3S/c1-22(21(27)26-11-10-14(13-26)25-30(2,28)29)12-17(22)15-6-3-4-7-16(15)20-18(23)8-5-9-19(20)24/h3-9,14,17,25H,10-13H2,1-2H3/t14-,17-,22+/m0/s1. The second-order valence-electron chi connectivity index (χ2n) is 8.48. The van der Waals surface area contributed by atoms with Gasteiger partial charge in [0.1, 0.15) is 11.6 Å². The minimum Gasteiger partial charge on any atom is -0.341 e. The summed E-state index contributed by atoms with van der Waals surface area (Å²) >= 11 is 0. The van der Waals surface area contributed by atoms with Crippen molar-refractivity contribution < 1.29 is 22.0 Å². The molecule has 2 aromatic rings. The van der Waals surface area contributed by atoms with Crippen molar-refractivity contribution >= 4 is 15.9 Å². The summed E-state index contributed by atoms with van der Waals surface area (Å²) in [5.74, 6) is -1.47. The van der Waals surface area contributed by atoms with E-state index in [4.69, 9.17) is 0 Å². The fourth-order valence-electron chi connectivity index (χ4n) is 4.54. The van der Waals surface area contributed by atoms with E-state index in [0.717, 1.165) is 11.8 Å². The molecule has 0 spiro atoms. The van der Waals surface area contributed by atoms with Gasteiger partial charge in [-0.1, -0.05) is 37.3 Å². The number of rotatable bonds is 5. The topological polar surface area (TPSA) is 66.5 Å². The first-order valence-corrected chi connectivity index (χ1v) is 11.8. The summed E-state index contributed by atoms with van der Waals surface area (Å²) in [6.07, 6.45) is 2.25. The summed E-state index contributed by atoms with van der Waals surface area (Å²) < 4.78 is 54.3. The zero-order valence-electron chi connectivity index (χ0n) is 16.9. The lowest BCUT2D eigenvalue weighted by molar-refractivity contribution is -0.135. The summed E-state index contributed by atoms with van der Waals surface area (Å²) in [4.78, 5) is 14.9. The average Bonchev–Trinajstić information content (AvgIpc) is 3.15. The van der Waals surface area contributed by atoms with Crippen LogP contribution in [-0.4, -0.2) is 44.6 Å². The number of hydrogen-bond donors (Lipinski definition) is 1. The van der Waals surface area contributed by atoms with Crippen molar-refractivity contribution in [3.63, 3.8) is 0 Å².